The van der Waals surface area contributed by atoms with Crippen molar-refractivity contribution < 1.29 is 10.2 Å². The van der Waals surface area contributed by atoms with E-state index in [1.54, 1.807) is 0 Å². The Labute approximate surface area is 124 Å². The van der Waals surface area contributed by atoms with Crippen LogP contribution in [0.1, 0.15) is 41.3 Å². The summed E-state index contributed by atoms with van der Waals surface area (Å²) in [5, 5.41) is 20.0. The molecule has 0 spiro atoms. The van der Waals surface area contributed by atoms with Gasteiger partial charge in [0.1, 0.15) is 5.01 Å². The SMILES string of the molecule is OCC(O)C1CCN(Cc2nc3c(s2)CCCC3)CC1. The van der Waals surface area contributed by atoms with Crippen molar-refractivity contribution in [1.82, 2.24) is 9.88 Å². The molecule has 2 aliphatic rings. The molecule has 0 radical (unpaired) electrons. The fourth-order valence-corrected chi connectivity index (χ4v) is 4.51. The molecule has 1 atom stereocenters. The Hall–Kier alpha value is -0.490. The van der Waals surface area contributed by atoms with Gasteiger partial charge in [-0.1, -0.05) is 0 Å². The van der Waals surface area contributed by atoms with Crippen molar-refractivity contribution in [3.63, 3.8) is 0 Å². The van der Waals surface area contributed by atoms with Crippen LogP contribution in [0.15, 0.2) is 0 Å². The van der Waals surface area contributed by atoms with Crippen LogP contribution in [-0.4, -0.2) is 45.9 Å². The van der Waals surface area contributed by atoms with Crippen LogP contribution in [0.3, 0.4) is 0 Å². The van der Waals surface area contributed by atoms with Gasteiger partial charge in [-0.15, -0.1) is 11.3 Å². The Balaban J connectivity index is 1.53. The van der Waals surface area contributed by atoms with E-state index < -0.39 is 6.10 Å². The van der Waals surface area contributed by atoms with Crippen molar-refractivity contribution in [3.8, 4) is 0 Å². The van der Waals surface area contributed by atoms with Crippen molar-refractivity contribution in [2.24, 2.45) is 5.92 Å². The number of piperidine rings is 1. The van der Waals surface area contributed by atoms with Crippen molar-refractivity contribution in [2.75, 3.05) is 19.7 Å². The molecule has 0 saturated carbocycles. The van der Waals surface area contributed by atoms with E-state index in [2.05, 4.69) is 4.90 Å². The summed E-state index contributed by atoms with van der Waals surface area (Å²) in [6, 6.07) is 0. The maximum atomic E-state index is 9.69. The molecule has 1 aromatic heterocycles. The summed E-state index contributed by atoms with van der Waals surface area (Å²) < 4.78 is 0. The molecule has 1 aromatic rings. The normalized spacial score (nSPS) is 22.7. The molecule has 112 valence electrons. The third-order valence-corrected chi connectivity index (χ3v) is 5.75. The maximum absolute atomic E-state index is 9.69. The zero-order valence-corrected chi connectivity index (χ0v) is 12.7. The molecule has 2 heterocycles. The Kier molecular flexibility index (Phi) is 4.71. The third kappa shape index (κ3) is 3.22. The molecule has 1 aliphatic heterocycles. The van der Waals surface area contributed by atoms with E-state index in [4.69, 9.17) is 10.1 Å². The Morgan fingerprint density at radius 2 is 2.00 bits per heavy atom. The van der Waals surface area contributed by atoms with Crippen LogP contribution in [0.4, 0.5) is 0 Å². The van der Waals surface area contributed by atoms with E-state index in [-0.39, 0.29) is 12.5 Å². The van der Waals surface area contributed by atoms with Gasteiger partial charge in [0.2, 0.25) is 0 Å². The summed E-state index contributed by atoms with van der Waals surface area (Å²) >= 11 is 1.90. The van der Waals surface area contributed by atoms with Gasteiger partial charge in [-0.25, -0.2) is 4.98 Å². The lowest BCUT2D eigenvalue weighted by atomic mass is 9.92. The predicted octanol–water partition coefficient (Wildman–Crippen LogP) is 1.59. The first kappa shape index (κ1) is 14.4. The fourth-order valence-electron chi connectivity index (χ4n) is 3.31. The van der Waals surface area contributed by atoms with Gasteiger partial charge in [0.15, 0.2) is 0 Å². The van der Waals surface area contributed by atoms with Crippen LogP contribution >= 0.6 is 11.3 Å². The minimum Gasteiger partial charge on any atom is -0.394 e. The third-order valence-electron chi connectivity index (χ3n) is 4.61. The van der Waals surface area contributed by atoms with Gasteiger partial charge in [-0.05, 0) is 57.5 Å². The average Bonchev–Trinajstić information content (AvgIpc) is 2.89. The standard InChI is InChI=1S/C15H24N2O2S/c18-10-13(19)11-5-7-17(8-6-11)9-15-16-12-3-1-2-4-14(12)20-15/h11,13,18-19H,1-10H2. The van der Waals surface area contributed by atoms with E-state index in [9.17, 15) is 5.11 Å². The molecule has 1 aliphatic carbocycles. The second-order valence-corrected chi connectivity index (χ2v) is 7.22. The molecule has 5 heteroatoms. The molecule has 20 heavy (non-hydrogen) atoms. The number of hydrogen-bond acceptors (Lipinski definition) is 5. The molecule has 0 aromatic carbocycles. The van der Waals surface area contributed by atoms with Gasteiger partial charge in [0, 0.05) is 4.88 Å². The summed E-state index contributed by atoms with van der Waals surface area (Å²) in [5.74, 6) is 0.265. The predicted molar refractivity (Wildman–Crippen MR) is 79.8 cm³/mol. The van der Waals surface area contributed by atoms with E-state index in [1.807, 2.05) is 11.3 Å². The number of fused-ring (bicyclic) bond motifs is 1. The van der Waals surface area contributed by atoms with Gasteiger partial charge in [0.25, 0.3) is 0 Å². The number of aliphatic hydroxyl groups is 2. The lowest BCUT2D eigenvalue weighted by Crippen LogP contribution is -2.38. The van der Waals surface area contributed by atoms with Crippen LogP contribution in [0.5, 0.6) is 0 Å². The van der Waals surface area contributed by atoms with Crippen LogP contribution < -0.4 is 0 Å². The maximum Gasteiger partial charge on any atom is 0.107 e. The molecule has 2 N–H and O–H groups in total. The summed E-state index contributed by atoms with van der Waals surface area (Å²) in [6.07, 6.45) is 6.41. The highest BCUT2D eigenvalue weighted by Gasteiger charge is 2.25. The van der Waals surface area contributed by atoms with Gasteiger partial charge in [-0.2, -0.15) is 0 Å². The van der Waals surface area contributed by atoms with Crippen molar-refractivity contribution >= 4 is 11.3 Å². The highest BCUT2D eigenvalue weighted by molar-refractivity contribution is 7.11. The van der Waals surface area contributed by atoms with Crippen LogP contribution in [-0.2, 0) is 19.4 Å². The van der Waals surface area contributed by atoms with Crippen LogP contribution in [0.25, 0.3) is 0 Å². The smallest absolute Gasteiger partial charge is 0.107 e. The quantitative estimate of drug-likeness (QED) is 0.886. The molecule has 0 amide bonds. The zero-order valence-electron chi connectivity index (χ0n) is 11.9. The molecule has 0 bridgehead atoms. The molecular weight excluding hydrogens is 272 g/mol. The highest BCUT2D eigenvalue weighted by Crippen LogP contribution is 2.28. The topological polar surface area (TPSA) is 56.6 Å². The lowest BCUT2D eigenvalue weighted by Gasteiger charge is -2.33. The Morgan fingerprint density at radius 1 is 1.25 bits per heavy atom. The number of nitrogens with zero attached hydrogens (tertiary/aromatic N) is 2. The molecule has 4 nitrogen and oxygen atoms in total. The minimum atomic E-state index is -0.538. The first-order valence-corrected chi connectivity index (χ1v) is 8.56. The fraction of sp³-hybridized carbons (Fsp3) is 0.800. The van der Waals surface area contributed by atoms with E-state index in [0.717, 1.165) is 38.9 Å². The minimum absolute atomic E-state index is 0.107. The monoisotopic (exact) mass is 296 g/mol. The Morgan fingerprint density at radius 3 is 2.70 bits per heavy atom. The lowest BCUT2D eigenvalue weighted by molar-refractivity contribution is 0.0172. The summed E-state index contributed by atoms with van der Waals surface area (Å²) in [6.45, 7) is 2.86. The van der Waals surface area contributed by atoms with Gasteiger partial charge >= 0.3 is 0 Å². The van der Waals surface area contributed by atoms with Crippen LogP contribution in [0, 0.1) is 5.92 Å². The summed E-state index contributed by atoms with van der Waals surface area (Å²) in [7, 11) is 0. The zero-order chi connectivity index (χ0) is 13.9. The first-order valence-electron chi connectivity index (χ1n) is 7.75. The van der Waals surface area contributed by atoms with E-state index >= 15 is 0 Å². The first-order chi connectivity index (χ1) is 9.76. The molecule has 1 fully saturated rings. The molecule has 1 saturated heterocycles. The second kappa shape index (κ2) is 6.52. The molecule has 3 rings (SSSR count). The highest BCUT2D eigenvalue weighted by atomic mass is 32.1. The summed E-state index contributed by atoms with van der Waals surface area (Å²) in [4.78, 5) is 8.75. The second-order valence-electron chi connectivity index (χ2n) is 6.05. The van der Waals surface area contributed by atoms with Crippen LogP contribution in [0.2, 0.25) is 0 Å². The van der Waals surface area contributed by atoms with Gasteiger partial charge < -0.3 is 10.2 Å². The van der Waals surface area contributed by atoms with Crippen molar-refractivity contribution in [1.29, 1.82) is 0 Å². The Bertz CT molecular complexity index is 418. The largest absolute Gasteiger partial charge is 0.394 e. The van der Waals surface area contributed by atoms with Gasteiger partial charge in [-0.3, -0.25) is 4.90 Å². The number of aliphatic hydroxyl groups excluding tert-OH is 2. The van der Waals surface area contributed by atoms with E-state index in [0.29, 0.717) is 0 Å². The average molecular weight is 296 g/mol. The molecule has 1 unspecified atom stereocenters. The number of likely N-dealkylation sites (tertiary alicyclic amines) is 1. The summed E-state index contributed by atoms with van der Waals surface area (Å²) in [5.41, 5.74) is 1.35. The van der Waals surface area contributed by atoms with E-state index in [1.165, 1.54) is 34.8 Å². The number of aryl methyl sites for hydroxylation is 2. The number of hydrogen-bond donors (Lipinski definition) is 2. The van der Waals surface area contributed by atoms with Crippen molar-refractivity contribution in [2.45, 2.75) is 51.2 Å². The number of thiazole rings is 1. The number of aromatic nitrogens is 1. The van der Waals surface area contributed by atoms with Gasteiger partial charge in [0.05, 0.1) is 24.9 Å². The number of rotatable bonds is 4. The molecular formula is C15H24N2O2S. The van der Waals surface area contributed by atoms with Crippen molar-refractivity contribution in [3.05, 3.63) is 15.6 Å².